The van der Waals surface area contributed by atoms with Crippen LogP contribution in [0.3, 0.4) is 0 Å². The van der Waals surface area contributed by atoms with Crippen LogP contribution in [0.5, 0.6) is 11.5 Å². The van der Waals surface area contributed by atoms with Gasteiger partial charge in [-0.05, 0) is 45.8 Å². The van der Waals surface area contributed by atoms with Crippen molar-refractivity contribution < 1.29 is 28.6 Å². The average Bonchev–Trinajstić information content (AvgIpc) is 2.78. The fourth-order valence-corrected chi connectivity index (χ4v) is 3.14. The summed E-state index contributed by atoms with van der Waals surface area (Å²) in [4.78, 5) is 35.2. The molecule has 0 aromatic heterocycles. The molecule has 0 saturated heterocycles. The second-order valence-corrected chi connectivity index (χ2v) is 7.48. The van der Waals surface area contributed by atoms with Gasteiger partial charge in [-0.25, -0.2) is 10.2 Å². The predicted octanol–water partition coefficient (Wildman–Crippen LogP) is 3.53. The van der Waals surface area contributed by atoms with Crippen molar-refractivity contribution in [2.24, 2.45) is 5.10 Å². The zero-order valence-corrected chi connectivity index (χ0v) is 19.7. The Labute approximate surface area is 198 Å². The Morgan fingerprint density at radius 1 is 1.12 bits per heavy atom. The SMILES string of the molecule is COC(=O)COc1c(Br)cc(C=NNC(=O)CCC(=O)Nc2ccccc2Cl)cc1OC. The van der Waals surface area contributed by atoms with E-state index < -0.39 is 11.9 Å². The van der Waals surface area contributed by atoms with E-state index in [0.29, 0.717) is 32.2 Å². The highest BCUT2D eigenvalue weighted by Crippen LogP contribution is 2.36. The molecule has 11 heteroatoms. The number of nitrogens with one attached hydrogen (secondary N) is 2. The highest BCUT2D eigenvalue weighted by molar-refractivity contribution is 9.10. The quantitative estimate of drug-likeness (QED) is 0.278. The topological polar surface area (TPSA) is 115 Å². The van der Waals surface area contributed by atoms with Gasteiger partial charge in [-0.3, -0.25) is 9.59 Å². The molecule has 9 nitrogen and oxygen atoms in total. The molecule has 0 bridgehead atoms. The van der Waals surface area contributed by atoms with E-state index in [0.717, 1.165) is 0 Å². The van der Waals surface area contributed by atoms with Crippen molar-refractivity contribution in [3.8, 4) is 11.5 Å². The first-order chi connectivity index (χ1) is 15.3. The summed E-state index contributed by atoms with van der Waals surface area (Å²) in [5, 5.41) is 6.94. The molecule has 2 aromatic carbocycles. The van der Waals surface area contributed by atoms with Crippen molar-refractivity contribution >= 4 is 57.2 Å². The van der Waals surface area contributed by atoms with Crippen LogP contribution in [0.1, 0.15) is 18.4 Å². The maximum Gasteiger partial charge on any atom is 0.343 e. The Balaban J connectivity index is 1.88. The van der Waals surface area contributed by atoms with Gasteiger partial charge >= 0.3 is 5.97 Å². The van der Waals surface area contributed by atoms with Crippen molar-refractivity contribution in [1.82, 2.24) is 5.43 Å². The molecule has 2 N–H and O–H groups in total. The summed E-state index contributed by atoms with van der Waals surface area (Å²) in [5.41, 5.74) is 3.43. The first-order valence-electron chi connectivity index (χ1n) is 9.27. The van der Waals surface area contributed by atoms with Crippen molar-refractivity contribution in [2.45, 2.75) is 12.8 Å². The Morgan fingerprint density at radius 3 is 2.53 bits per heavy atom. The summed E-state index contributed by atoms with van der Waals surface area (Å²) in [5.74, 6) is -0.628. The van der Waals surface area contributed by atoms with Gasteiger partial charge in [-0.1, -0.05) is 23.7 Å². The number of anilines is 1. The van der Waals surface area contributed by atoms with Gasteiger partial charge in [-0.15, -0.1) is 0 Å². The van der Waals surface area contributed by atoms with Crippen LogP contribution in [0.25, 0.3) is 0 Å². The lowest BCUT2D eigenvalue weighted by molar-refractivity contribution is -0.143. The van der Waals surface area contributed by atoms with E-state index >= 15 is 0 Å². The lowest BCUT2D eigenvalue weighted by atomic mass is 10.2. The van der Waals surface area contributed by atoms with Crippen molar-refractivity contribution in [3.05, 3.63) is 51.5 Å². The number of para-hydroxylation sites is 1. The van der Waals surface area contributed by atoms with Crippen LogP contribution in [0, 0.1) is 0 Å². The number of hydrogen-bond donors (Lipinski definition) is 2. The summed E-state index contributed by atoms with van der Waals surface area (Å²) >= 11 is 9.33. The van der Waals surface area contributed by atoms with Crippen molar-refractivity contribution in [3.63, 3.8) is 0 Å². The molecule has 170 valence electrons. The Hall–Kier alpha value is -3.11. The maximum atomic E-state index is 12.0. The van der Waals surface area contributed by atoms with Gasteiger partial charge in [0.15, 0.2) is 18.1 Å². The molecule has 0 atom stereocenters. The number of carbonyl (C=O) groups excluding carboxylic acids is 3. The molecule has 32 heavy (non-hydrogen) atoms. The first-order valence-corrected chi connectivity index (χ1v) is 10.4. The third-order valence-corrected chi connectivity index (χ3v) is 4.86. The van der Waals surface area contributed by atoms with E-state index in [2.05, 4.69) is 36.5 Å². The Kier molecular flexibility index (Phi) is 9.96. The summed E-state index contributed by atoms with van der Waals surface area (Å²) in [7, 11) is 2.71. The van der Waals surface area contributed by atoms with E-state index in [1.807, 2.05) is 0 Å². The van der Waals surface area contributed by atoms with E-state index in [1.165, 1.54) is 20.4 Å². The summed E-state index contributed by atoms with van der Waals surface area (Å²) in [6.07, 6.45) is 1.32. The number of halogens is 2. The van der Waals surface area contributed by atoms with Crippen LogP contribution in [-0.4, -0.2) is 44.8 Å². The smallest absolute Gasteiger partial charge is 0.343 e. The summed E-state index contributed by atoms with van der Waals surface area (Å²) in [6.45, 7) is -0.279. The number of methoxy groups -OCH3 is 2. The number of benzene rings is 2. The number of rotatable bonds is 10. The molecular formula is C21H21BrClN3O6. The molecule has 0 unspecified atom stereocenters. The lowest BCUT2D eigenvalue weighted by Gasteiger charge is -2.12. The van der Waals surface area contributed by atoms with Crippen LogP contribution >= 0.6 is 27.5 Å². The molecule has 2 amide bonds. The number of amides is 2. The molecule has 0 aliphatic rings. The van der Waals surface area contributed by atoms with Gasteiger partial charge in [0.05, 0.1) is 35.6 Å². The summed E-state index contributed by atoms with van der Waals surface area (Å²) < 4.78 is 15.7. The van der Waals surface area contributed by atoms with E-state index in [1.54, 1.807) is 36.4 Å². The normalized spacial score (nSPS) is 10.5. The number of carbonyl (C=O) groups is 3. The second-order valence-electron chi connectivity index (χ2n) is 6.22. The zero-order valence-electron chi connectivity index (χ0n) is 17.3. The lowest BCUT2D eigenvalue weighted by Crippen LogP contribution is -2.20. The third-order valence-electron chi connectivity index (χ3n) is 3.94. The number of nitrogens with zero attached hydrogens (tertiary/aromatic N) is 1. The maximum absolute atomic E-state index is 12.0. The fraction of sp³-hybridized carbons (Fsp3) is 0.238. The Bertz CT molecular complexity index is 1020. The average molecular weight is 527 g/mol. The largest absolute Gasteiger partial charge is 0.493 e. The predicted molar refractivity (Wildman–Crippen MR) is 123 cm³/mol. The molecule has 0 aliphatic carbocycles. The second kappa shape index (κ2) is 12.7. The Morgan fingerprint density at radius 2 is 1.84 bits per heavy atom. The fourth-order valence-electron chi connectivity index (χ4n) is 2.38. The molecule has 0 aliphatic heterocycles. The van der Waals surface area contributed by atoms with E-state index in [-0.39, 0.29) is 25.4 Å². The van der Waals surface area contributed by atoms with Crippen molar-refractivity contribution in [1.29, 1.82) is 0 Å². The zero-order chi connectivity index (χ0) is 23.5. The highest BCUT2D eigenvalue weighted by atomic mass is 79.9. The van der Waals surface area contributed by atoms with E-state index in [4.69, 9.17) is 21.1 Å². The molecule has 0 heterocycles. The molecular weight excluding hydrogens is 506 g/mol. The van der Waals surface area contributed by atoms with Crippen LogP contribution < -0.4 is 20.2 Å². The van der Waals surface area contributed by atoms with Gasteiger partial charge in [-0.2, -0.15) is 5.10 Å². The number of hydrazone groups is 1. The standard InChI is InChI=1S/C21H21BrClN3O6/c1-30-17-10-13(9-14(22)21(17)32-12-20(29)31-2)11-24-26-19(28)8-7-18(27)25-16-6-4-3-5-15(16)23/h3-6,9-11H,7-8,12H2,1-2H3,(H,25,27)(H,26,28). The number of esters is 1. The van der Waals surface area contributed by atoms with Crippen molar-refractivity contribution in [2.75, 3.05) is 26.1 Å². The minimum absolute atomic E-state index is 0.0296. The minimum Gasteiger partial charge on any atom is -0.493 e. The number of hydrogen-bond acceptors (Lipinski definition) is 7. The van der Waals surface area contributed by atoms with Gasteiger partial charge in [0, 0.05) is 12.8 Å². The third kappa shape index (κ3) is 7.86. The van der Waals surface area contributed by atoms with Gasteiger partial charge in [0.2, 0.25) is 11.8 Å². The molecule has 0 spiro atoms. The minimum atomic E-state index is -0.534. The van der Waals surface area contributed by atoms with Crippen LogP contribution in [0.4, 0.5) is 5.69 Å². The van der Waals surface area contributed by atoms with Gasteiger partial charge in [0.25, 0.3) is 0 Å². The first kappa shape index (κ1) is 25.2. The molecule has 2 rings (SSSR count). The van der Waals surface area contributed by atoms with Crippen LogP contribution in [-0.2, 0) is 19.1 Å². The van der Waals surface area contributed by atoms with Gasteiger partial charge < -0.3 is 19.5 Å². The van der Waals surface area contributed by atoms with Gasteiger partial charge in [0.1, 0.15) is 0 Å². The highest BCUT2D eigenvalue weighted by Gasteiger charge is 2.13. The van der Waals surface area contributed by atoms with Crippen LogP contribution in [0.15, 0.2) is 46.0 Å². The molecule has 0 saturated carbocycles. The summed E-state index contributed by atoms with van der Waals surface area (Å²) in [6, 6.07) is 10.1. The number of ether oxygens (including phenoxy) is 3. The van der Waals surface area contributed by atoms with E-state index in [9.17, 15) is 14.4 Å². The molecule has 0 fully saturated rings. The monoisotopic (exact) mass is 525 g/mol. The molecule has 0 radical (unpaired) electrons. The molecule has 2 aromatic rings. The van der Waals surface area contributed by atoms with Crippen LogP contribution in [0.2, 0.25) is 5.02 Å².